The minimum atomic E-state index is 0.275. The fourth-order valence-corrected chi connectivity index (χ4v) is 3.14. The van der Waals surface area contributed by atoms with Gasteiger partial charge >= 0.3 is 0 Å². The van der Waals surface area contributed by atoms with E-state index in [9.17, 15) is 0 Å². The van der Waals surface area contributed by atoms with E-state index >= 15 is 0 Å². The van der Waals surface area contributed by atoms with Gasteiger partial charge in [-0.15, -0.1) is 0 Å². The molecule has 1 heterocycles. The van der Waals surface area contributed by atoms with Gasteiger partial charge in [-0.25, -0.2) is 0 Å². The van der Waals surface area contributed by atoms with Crippen LogP contribution in [-0.4, -0.2) is 29.3 Å². The van der Waals surface area contributed by atoms with Gasteiger partial charge in [0.1, 0.15) is 0 Å². The fraction of sp³-hybridized carbons (Fsp3) is 0.538. The lowest BCUT2D eigenvalue weighted by molar-refractivity contribution is 0.288. The Morgan fingerprint density at radius 3 is 3.12 bits per heavy atom. The van der Waals surface area contributed by atoms with Gasteiger partial charge in [0, 0.05) is 24.1 Å². The summed E-state index contributed by atoms with van der Waals surface area (Å²) in [5.74, 6) is 2.50. The Bertz CT molecular complexity index is 323. The second-order valence-electron chi connectivity index (χ2n) is 4.23. The minimum Gasteiger partial charge on any atom is -0.396 e. The average molecular weight is 237 g/mol. The van der Waals surface area contributed by atoms with E-state index in [0.29, 0.717) is 6.04 Å². The summed E-state index contributed by atoms with van der Waals surface area (Å²) >= 11 is 2.02. The summed E-state index contributed by atoms with van der Waals surface area (Å²) < 4.78 is 0. The van der Waals surface area contributed by atoms with Crippen LogP contribution >= 0.6 is 11.8 Å². The zero-order valence-corrected chi connectivity index (χ0v) is 10.3. The van der Waals surface area contributed by atoms with Crippen LogP contribution in [0.15, 0.2) is 24.3 Å². The van der Waals surface area contributed by atoms with Gasteiger partial charge < -0.3 is 10.4 Å². The van der Waals surface area contributed by atoms with Gasteiger partial charge in [0.2, 0.25) is 0 Å². The molecular weight excluding hydrogens is 218 g/mol. The molecule has 2 rings (SSSR count). The summed E-state index contributed by atoms with van der Waals surface area (Å²) in [6, 6.07) is 9.20. The number of thioether (sulfide) groups is 1. The molecule has 1 fully saturated rings. The van der Waals surface area contributed by atoms with E-state index in [1.54, 1.807) is 0 Å². The van der Waals surface area contributed by atoms with Gasteiger partial charge in [0.05, 0.1) is 0 Å². The predicted molar refractivity (Wildman–Crippen MR) is 71.2 cm³/mol. The Kier molecular flexibility index (Phi) is 4.55. The van der Waals surface area contributed by atoms with E-state index in [2.05, 4.69) is 29.6 Å². The number of nitrogens with one attached hydrogen (secondary N) is 1. The van der Waals surface area contributed by atoms with Crippen molar-refractivity contribution in [3.63, 3.8) is 0 Å². The molecule has 2 nitrogen and oxygen atoms in total. The standard InChI is InChI=1S/C13H19NOS/c15-7-2-4-11-3-1-5-12(9-11)14-13-6-8-16-10-13/h1,3,5,9,13-15H,2,4,6-8,10H2. The number of rotatable bonds is 5. The van der Waals surface area contributed by atoms with Crippen molar-refractivity contribution in [2.45, 2.75) is 25.3 Å². The second-order valence-corrected chi connectivity index (χ2v) is 5.38. The predicted octanol–water partition coefficient (Wildman–Crippen LogP) is 2.53. The molecule has 1 saturated heterocycles. The first-order chi connectivity index (χ1) is 7.88. The zero-order chi connectivity index (χ0) is 11.2. The largest absolute Gasteiger partial charge is 0.396 e. The van der Waals surface area contributed by atoms with E-state index in [1.807, 2.05) is 11.8 Å². The van der Waals surface area contributed by atoms with Crippen LogP contribution in [0.1, 0.15) is 18.4 Å². The molecular formula is C13H19NOS. The fourth-order valence-electron chi connectivity index (χ4n) is 1.98. The molecule has 1 atom stereocenters. The number of anilines is 1. The number of aliphatic hydroxyl groups is 1. The molecule has 16 heavy (non-hydrogen) atoms. The maximum atomic E-state index is 8.81. The van der Waals surface area contributed by atoms with E-state index < -0.39 is 0 Å². The number of hydrogen-bond donors (Lipinski definition) is 2. The maximum absolute atomic E-state index is 8.81. The van der Waals surface area contributed by atoms with Crippen LogP contribution in [0.3, 0.4) is 0 Å². The smallest absolute Gasteiger partial charge is 0.0434 e. The van der Waals surface area contributed by atoms with Gasteiger partial charge in [0.25, 0.3) is 0 Å². The molecule has 0 saturated carbocycles. The van der Waals surface area contributed by atoms with Crippen molar-refractivity contribution in [1.82, 2.24) is 0 Å². The highest BCUT2D eigenvalue weighted by Gasteiger charge is 2.14. The van der Waals surface area contributed by atoms with Crippen molar-refractivity contribution in [3.05, 3.63) is 29.8 Å². The molecule has 0 aromatic heterocycles. The number of hydrogen-bond acceptors (Lipinski definition) is 3. The summed E-state index contributed by atoms with van der Waals surface area (Å²) in [7, 11) is 0. The van der Waals surface area contributed by atoms with Gasteiger partial charge in [-0.2, -0.15) is 11.8 Å². The normalized spacial score (nSPS) is 19.9. The summed E-state index contributed by atoms with van der Waals surface area (Å²) in [5.41, 5.74) is 2.53. The lowest BCUT2D eigenvalue weighted by Crippen LogP contribution is -2.17. The van der Waals surface area contributed by atoms with Gasteiger partial charge in [-0.1, -0.05) is 12.1 Å². The molecule has 1 unspecified atom stereocenters. The van der Waals surface area contributed by atoms with Crippen molar-refractivity contribution in [2.24, 2.45) is 0 Å². The molecule has 0 radical (unpaired) electrons. The van der Waals surface area contributed by atoms with Crippen molar-refractivity contribution in [3.8, 4) is 0 Å². The highest BCUT2D eigenvalue weighted by molar-refractivity contribution is 7.99. The third-order valence-corrected chi connectivity index (χ3v) is 4.01. The molecule has 1 aliphatic rings. The van der Waals surface area contributed by atoms with Crippen LogP contribution in [0.25, 0.3) is 0 Å². The number of aryl methyl sites for hydroxylation is 1. The van der Waals surface area contributed by atoms with E-state index in [4.69, 9.17) is 5.11 Å². The Hall–Kier alpha value is -0.670. The summed E-state index contributed by atoms with van der Waals surface area (Å²) in [6.45, 7) is 0.275. The molecule has 0 bridgehead atoms. The number of benzene rings is 1. The van der Waals surface area contributed by atoms with Crippen LogP contribution in [0.2, 0.25) is 0 Å². The first-order valence-corrected chi connectivity index (χ1v) is 7.08. The molecule has 3 heteroatoms. The third kappa shape index (κ3) is 3.42. The molecule has 1 aromatic rings. The van der Waals surface area contributed by atoms with E-state index in [1.165, 1.54) is 29.2 Å². The van der Waals surface area contributed by atoms with Crippen LogP contribution < -0.4 is 5.32 Å². The highest BCUT2D eigenvalue weighted by Crippen LogP contribution is 2.22. The molecule has 0 spiro atoms. The zero-order valence-electron chi connectivity index (χ0n) is 9.48. The SMILES string of the molecule is OCCCc1cccc(NC2CCSC2)c1. The topological polar surface area (TPSA) is 32.3 Å². The summed E-state index contributed by atoms with van der Waals surface area (Å²) in [4.78, 5) is 0. The van der Waals surface area contributed by atoms with Crippen LogP contribution in [0.5, 0.6) is 0 Å². The molecule has 1 aromatic carbocycles. The van der Waals surface area contributed by atoms with Gasteiger partial charge in [0.15, 0.2) is 0 Å². The van der Waals surface area contributed by atoms with Crippen LogP contribution in [0.4, 0.5) is 5.69 Å². The third-order valence-electron chi connectivity index (χ3n) is 2.85. The first-order valence-electron chi connectivity index (χ1n) is 5.92. The lowest BCUT2D eigenvalue weighted by Gasteiger charge is -2.13. The van der Waals surface area contributed by atoms with Gasteiger partial charge in [-0.05, 0) is 42.7 Å². The highest BCUT2D eigenvalue weighted by atomic mass is 32.2. The molecule has 0 aliphatic carbocycles. The van der Waals surface area contributed by atoms with Crippen LogP contribution in [0, 0.1) is 0 Å². The Morgan fingerprint density at radius 1 is 1.44 bits per heavy atom. The summed E-state index contributed by atoms with van der Waals surface area (Å²) in [5, 5.41) is 12.4. The lowest BCUT2D eigenvalue weighted by atomic mass is 10.1. The number of aliphatic hydroxyl groups excluding tert-OH is 1. The van der Waals surface area contributed by atoms with Crippen LogP contribution in [-0.2, 0) is 6.42 Å². The first kappa shape index (κ1) is 11.8. The molecule has 1 aliphatic heterocycles. The molecule has 2 N–H and O–H groups in total. The Labute approximate surface area is 101 Å². The second kappa shape index (κ2) is 6.16. The molecule has 0 amide bonds. The van der Waals surface area contributed by atoms with Crippen molar-refractivity contribution in [2.75, 3.05) is 23.4 Å². The monoisotopic (exact) mass is 237 g/mol. The van der Waals surface area contributed by atoms with Gasteiger partial charge in [-0.3, -0.25) is 0 Å². The Morgan fingerprint density at radius 2 is 2.38 bits per heavy atom. The molecule has 88 valence electrons. The van der Waals surface area contributed by atoms with E-state index in [-0.39, 0.29) is 6.61 Å². The van der Waals surface area contributed by atoms with Crippen molar-refractivity contribution in [1.29, 1.82) is 0 Å². The maximum Gasteiger partial charge on any atom is 0.0434 e. The van der Waals surface area contributed by atoms with Crippen molar-refractivity contribution >= 4 is 17.4 Å². The quantitative estimate of drug-likeness (QED) is 0.825. The van der Waals surface area contributed by atoms with E-state index in [0.717, 1.165) is 12.8 Å². The average Bonchev–Trinajstić information content (AvgIpc) is 2.80. The minimum absolute atomic E-state index is 0.275. The van der Waals surface area contributed by atoms with Crippen molar-refractivity contribution < 1.29 is 5.11 Å². The Balaban J connectivity index is 1.92. The summed E-state index contributed by atoms with van der Waals surface area (Å²) in [6.07, 6.45) is 3.08.